The summed E-state index contributed by atoms with van der Waals surface area (Å²) in [5, 5.41) is 0.196. The van der Waals surface area contributed by atoms with Crippen LogP contribution in [0.5, 0.6) is 5.88 Å². The van der Waals surface area contributed by atoms with Crippen molar-refractivity contribution in [3.05, 3.63) is 17.5 Å². The summed E-state index contributed by atoms with van der Waals surface area (Å²) in [4.78, 5) is 11.2. The topological polar surface area (TPSA) is 50.8 Å². The number of fused-ring (bicyclic) bond motifs is 1. The fourth-order valence-corrected chi connectivity index (χ4v) is 1.42. The smallest absolute Gasteiger partial charge is 0.243 e. The van der Waals surface area contributed by atoms with Crippen molar-refractivity contribution in [1.82, 2.24) is 15.0 Å². The summed E-state index contributed by atoms with van der Waals surface area (Å²) >= 11 is 5.79. The van der Waals surface area contributed by atoms with Crippen LogP contribution in [0.2, 0.25) is 5.28 Å². The summed E-state index contributed by atoms with van der Waals surface area (Å²) in [6.07, 6.45) is 1.78. The van der Waals surface area contributed by atoms with Crippen molar-refractivity contribution in [2.75, 3.05) is 0 Å². The zero-order valence-corrected chi connectivity index (χ0v) is 9.59. The maximum absolute atomic E-state index is 5.79. The molecule has 0 aliphatic heterocycles. The van der Waals surface area contributed by atoms with E-state index < -0.39 is 0 Å². The lowest BCUT2D eigenvalue weighted by Crippen LogP contribution is -2.23. The van der Waals surface area contributed by atoms with Crippen LogP contribution in [-0.4, -0.2) is 20.6 Å². The molecule has 0 radical (unpaired) electrons. The lowest BCUT2D eigenvalue weighted by Gasteiger charge is -2.20. The Balaban J connectivity index is 2.53. The van der Waals surface area contributed by atoms with E-state index in [-0.39, 0.29) is 10.9 Å². The molecule has 1 N–H and O–H groups in total. The summed E-state index contributed by atoms with van der Waals surface area (Å²) < 4.78 is 5.69. The number of halogens is 1. The van der Waals surface area contributed by atoms with Gasteiger partial charge in [0.15, 0.2) is 0 Å². The van der Waals surface area contributed by atoms with Gasteiger partial charge >= 0.3 is 0 Å². The second-order valence-corrected chi connectivity index (χ2v) is 4.59. The van der Waals surface area contributed by atoms with Crippen molar-refractivity contribution in [3.63, 3.8) is 0 Å². The van der Waals surface area contributed by atoms with Crippen LogP contribution in [0.1, 0.15) is 20.8 Å². The first-order valence-corrected chi connectivity index (χ1v) is 5.03. The maximum atomic E-state index is 5.79. The summed E-state index contributed by atoms with van der Waals surface area (Å²) in [6.45, 7) is 5.87. The van der Waals surface area contributed by atoms with Crippen LogP contribution in [0.15, 0.2) is 12.3 Å². The van der Waals surface area contributed by atoms with Gasteiger partial charge in [0.05, 0.1) is 5.52 Å². The van der Waals surface area contributed by atoms with Crippen molar-refractivity contribution >= 4 is 22.6 Å². The Labute approximate surface area is 92.6 Å². The Morgan fingerprint density at radius 1 is 1.33 bits per heavy atom. The lowest BCUT2D eigenvalue weighted by atomic mass is 10.2. The molecule has 0 fully saturated rings. The second-order valence-electron chi connectivity index (χ2n) is 4.25. The first kappa shape index (κ1) is 10.2. The van der Waals surface area contributed by atoms with Crippen molar-refractivity contribution in [3.8, 4) is 5.88 Å². The molecule has 2 aromatic heterocycles. The molecule has 0 bridgehead atoms. The molecule has 0 unspecified atom stereocenters. The molecule has 0 spiro atoms. The highest BCUT2D eigenvalue weighted by Crippen LogP contribution is 2.25. The monoisotopic (exact) mass is 225 g/mol. The number of nitrogens with zero attached hydrogens (tertiary/aromatic N) is 2. The molecule has 2 rings (SSSR count). The molecule has 0 aromatic carbocycles. The van der Waals surface area contributed by atoms with Gasteiger partial charge in [-0.05, 0) is 38.4 Å². The van der Waals surface area contributed by atoms with Crippen LogP contribution >= 0.6 is 11.6 Å². The number of ether oxygens (including phenoxy) is 1. The van der Waals surface area contributed by atoms with Gasteiger partial charge < -0.3 is 9.72 Å². The molecular weight excluding hydrogens is 214 g/mol. The van der Waals surface area contributed by atoms with Gasteiger partial charge in [-0.2, -0.15) is 4.98 Å². The van der Waals surface area contributed by atoms with Gasteiger partial charge in [-0.3, -0.25) is 0 Å². The first-order chi connectivity index (χ1) is 6.96. The van der Waals surface area contributed by atoms with Crippen LogP contribution in [0, 0.1) is 0 Å². The molecular formula is C10H12ClN3O. The molecule has 15 heavy (non-hydrogen) atoms. The molecule has 0 aliphatic rings. The van der Waals surface area contributed by atoms with E-state index in [9.17, 15) is 0 Å². The third-order valence-electron chi connectivity index (χ3n) is 1.75. The van der Waals surface area contributed by atoms with Crippen LogP contribution in [0.25, 0.3) is 11.0 Å². The van der Waals surface area contributed by atoms with E-state index >= 15 is 0 Å². The van der Waals surface area contributed by atoms with Gasteiger partial charge in [0.2, 0.25) is 11.2 Å². The molecule has 80 valence electrons. The van der Waals surface area contributed by atoms with Crippen molar-refractivity contribution in [2.45, 2.75) is 26.4 Å². The van der Waals surface area contributed by atoms with Crippen molar-refractivity contribution in [1.29, 1.82) is 0 Å². The molecule has 0 atom stereocenters. The Hall–Kier alpha value is -1.29. The Bertz CT molecular complexity index is 487. The third-order valence-corrected chi connectivity index (χ3v) is 1.92. The molecule has 4 nitrogen and oxygen atoms in total. The van der Waals surface area contributed by atoms with Gasteiger partial charge in [-0.15, -0.1) is 0 Å². The number of rotatable bonds is 1. The number of nitrogens with one attached hydrogen (secondary N) is 1. The zero-order chi connectivity index (χ0) is 11.1. The summed E-state index contributed by atoms with van der Waals surface area (Å²) in [6, 6.07) is 1.83. The minimum absolute atomic E-state index is 0.196. The number of aromatic nitrogens is 3. The summed E-state index contributed by atoms with van der Waals surface area (Å²) in [5.41, 5.74) is 1.22. The number of hydrogen-bond acceptors (Lipinski definition) is 3. The molecule has 5 heteroatoms. The number of aromatic amines is 1. The van der Waals surface area contributed by atoms with E-state index in [1.807, 2.05) is 26.8 Å². The minimum Gasteiger partial charge on any atom is -0.470 e. The van der Waals surface area contributed by atoms with Gasteiger partial charge in [0.25, 0.3) is 0 Å². The fourth-order valence-electron chi connectivity index (χ4n) is 1.25. The highest BCUT2D eigenvalue weighted by molar-refractivity contribution is 6.28. The van der Waals surface area contributed by atoms with E-state index in [0.29, 0.717) is 5.88 Å². The van der Waals surface area contributed by atoms with Gasteiger partial charge in [0.1, 0.15) is 11.1 Å². The van der Waals surface area contributed by atoms with E-state index in [4.69, 9.17) is 16.3 Å². The predicted octanol–water partition coefficient (Wildman–Crippen LogP) is 2.79. The molecule has 2 heterocycles. The highest BCUT2D eigenvalue weighted by atomic mass is 35.5. The first-order valence-electron chi connectivity index (χ1n) is 4.65. The zero-order valence-electron chi connectivity index (χ0n) is 8.84. The second kappa shape index (κ2) is 3.38. The normalized spacial score (nSPS) is 12.0. The molecule has 2 aromatic rings. The quantitative estimate of drug-likeness (QED) is 0.760. The molecule has 0 aliphatic carbocycles. The van der Waals surface area contributed by atoms with Crippen LogP contribution < -0.4 is 4.74 Å². The highest BCUT2D eigenvalue weighted by Gasteiger charge is 2.16. The standard InChI is InChI=1S/C10H12ClN3O/c1-10(2,3)15-8-7-6(4-5-12-7)13-9(11)14-8/h4-5,12H,1-3H3. The summed E-state index contributed by atoms with van der Waals surface area (Å²) in [7, 11) is 0. The molecule has 0 saturated carbocycles. The van der Waals surface area contributed by atoms with Crippen molar-refractivity contribution in [2.24, 2.45) is 0 Å². The van der Waals surface area contributed by atoms with E-state index in [0.717, 1.165) is 11.0 Å². The Kier molecular flexibility index (Phi) is 2.31. The van der Waals surface area contributed by atoms with Gasteiger partial charge in [-0.25, -0.2) is 4.98 Å². The lowest BCUT2D eigenvalue weighted by molar-refractivity contribution is 0.126. The van der Waals surface area contributed by atoms with Gasteiger partial charge in [0, 0.05) is 6.20 Å². The van der Waals surface area contributed by atoms with Crippen LogP contribution in [0.4, 0.5) is 0 Å². The van der Waals surface area contributed by atoms with Crippen LogP contribution in [0.3, 0.4) is 0 Å². The summed E-state index contributed by atoms with van der Waals surface area (Å²) in [5.74, 6) is 0.488. The number of H-pyrrole nitrogens is 1. The third kappa shape index (κ3) is 2.21. The average molecular weight is 226 g/mol. The largest absolute Gasteiger partial charge is 0.470 e. The van der Waals surface area contributed by atoms with Crippen molar-refractivity contribution < 1.29 is 4.74 Å². The Morgan fingerprint density at radius 2 is 2.07 bits per heavy atom. The fraction of sp³-hybridized carbons (Fsp3) is 0.400. The van der Waals surface area contributed by atoms with E-state index in [1.54, 1.807) is 6.20 Å². The molecule has 0 amide bonds. The van der Waals surface area contributed by atoms with E-state index in [2.05, 4.69) is 15.0 Å². The van der Waals surface area contributed by atoms with Crippen LogP contribution in [-0.2, 0) is 0 Å². The van der Waals surface area contributed by atoms with E-state index in [1.165, 1.54) is 0 Å². The Morgan fingerprint density at radius 3 is 2.73 bits per heavy atom. The SMILES string of the molecule is CC(C)(C)Oc1nc(Cl)nc2cc[nH]c12. The number of hydrogen-bond donors (Lipinski definition) is 1. The van der Waals surface area contributed by atoms with Gasteiger partial charge in [-0.1, -0.05) is 0 Å². The minimum atomic E-state index is -0.310. The average Bonchev–Trinajstić information content (AvgIpc) is 2.48. The molecule has 0 saturated heterocycles. The predicted molar refractivity (Wildman–Crippen MR) is 59.3 cm³/mol. The maximum Gasteiger partial charge on any atom is 0.243 e.